The van der Waals surface area contributed by atoms with Crippen LogP contribution in [0.25, 0.3) is 0 Å². The molecule has 4 heteroatoms. The van der Waals surface area contributed by atoms with Crippen molar-refractivity contribution in [2.24, 2.45) is 0 Å². The van der Waals surface area contributed by atoms with E-state index in [1.165, 1.54) is 11.8 Å². The number of hydrogen-bond donors (Lipinski definition) is 1. The second-order valence-corrected chi connectivity index (χ2v) is 4.33. The third kappa shape index (κ3) is 5.45. The second-order valence-electron chi connectivity index (χ2n) is 3.29. The Labute approximate surface area is 106 Å². The summed E-state index contributed by atoms with van der Waals surface area (Å²) in [6.45, 7) is 6.67. The molecule has 0 aliphatic rings. The Bertz CT molecular complexity index is 362. The highest BCUT2D eigenvalue weighted by atomic mass is 32.2. The Balaban J connectivity index is 2.36. The second kappa shape index (κ2) is 7.79. The minimum Gasteiger partial charge on any atom is -0.494 e. The molecule has 1 amide bonds. The van der Waals surface area contributed by atoms with E-state index in [1.54, 1.807) is 6.08 Å². The minimum absolute atomic E-state index is 0.0174. The van der Waals surface area contributed by atoms with E-state index in [2.05, 4.69) is 11.9 Å². The molecule has 1 N–H and O–H groups in total. The van der Waals surface area contributed by atoms with Crippen LogP contribution in [0.1, 0.15) is 6.92 Å². The summed E-state index contributed by atoms with van der Waals surface area (Å²) >= 11 is 1.50. The molecule has 1 aromatic carbocycles. The molecule has 17 heavy (non-hydrogen) atoms. The van der Waals surface area contributed by atoms with Gasteiger partial charge in [0.25, 0.3) is 0 Å². The largest absolute Gasteiger partial charge is 0.494 e. The maximum Gasteiger partial charge on any atom is 0.230 e. The van der Waals surface area contributed by atoms with Crippen molar-refractivity contribution in [1.29, 1.82) is 0 Å². The van der Waals surface area contributed by atoms with Gasteiger partial charge in [-0.1, -0.05) is 6.08 Å². The van der Waals surface area contributed by atoms with Gasteiger partial charge in [-0.25, -0.2) is 0 Å². The molecule has 1 rings (SSSR count). The van der Waals surface area contributed by atoms with Crippen molar-refractivity contribution in [2.75, 3.05) is 18.9 Å². The van der Waals surface area contributed by atoms with Crippen molar-refractivity contribution in [2.45, 2.75) is 11.8 Å². The molecule has 0 heterocycles. The Kier molecular flexibility index (Phi) is 6.25. The monoisotopic (exact) mass is 251 g/mol. The summed E-state index contributed by atoms with van der Waals surface area (Å²) in [4.78, 5) is 12.4. The first kappa shape index (κ1) is 13.6. The van der Waals surface area contributed by atoms with E-state index in [0.717, 1.165) is 10.6 Å². The molecule has 0 atom stereocenters. The van der Waals surface area contributed by atoms with Gasteiger partial charge < -0.3 is 10.1 Å². The van der Waals surface area contributed by atoms with E-state index in [4.69, 9.17) is 4.74 Å². The lowest BCUT2D eigenvalue weighted by Crippen LogP contribution is -2.24. The highest BCUT2D eigenvalue weighted by Crippen LogP contribution is 2.21. The van der Waals surface area contributed by atoms with Crippen molar-refractivity contribution >= 4 is 17.7 Å². The van der Waals surface area contributed by atoms with Crippen LogP contribution in [0.15, 0.2) is 41.8 Å². The number of benzene rings is 1. The van der Waals surface area contributed by atoms with Crippen molar-refractivity contribution in [1.82, 2.24) is 5.32 Å². The first-order chi connectivity index (χ1) is 8.26. The lowest BCUT2D eigenvalue weighted by molar-refractivity contribution is -0.118. The molecule has 92 valence electrons. The van der Waals surface area contributed by atoms with Gasteiger partial charge in [-0.15, -0.1) is 18.3 Å². The summed E-state index contributed by atoms with van der Waals surface area (Å²) in [5.74, 6) is 1.29. The van der Waals surface area contributed by atoms with E-state index in [-0.39, 0.29) is 5.91 Å². The molecule has 0 aromatic heterocycles. The standard InChI is InChI=1S/C13H17NO2S/c1-3-9-14-13(15)10-17-12-7-5-11(6-8-12)16-4-2/h3,5-8H,1,4,9-10H2,2H3,(H,14,15). The highest BCUT2D eigenvalue weighted by Gasteiger charge is 2.01. The maximum atomic E-state index is 11.3. The zero-order valence-electron chi connectivity index (χ0n) is 9.94. The van der Waals surface area contributed by atoms with Crippen molar-refractivity contribution < 1.29 is 9.53 Å². The van der Waals surface area contributed by atoms with Crippen molar-refractivity contribution in [3.05, 3.63) is 36.9 Å². The lowest BCUT2D eigenvalue weighted by Gasteiger charge is -2.05. The fourth-order valence-electron chi connectivity index (χ4n) is 1.18. The van der Waals surface area contributed by atoms with Gasteiger partial charge in [-0.3, -0.25) is 4.79 Å². The van der Waals surface area contributed by atoms with Crippen molar-refractivity contribution in [3.63, 3.8) is 0 Å². The third-order valence-electron chi connectivity index (χ3n) is 1.95. The molecular formula is C13H17NO2S. The molecule has 0 bridgehead atoms. The Morgan fingerprint density at radius 1 is 1.47 bits per heavy atom. The molecule has 0 radical (unpaired) electrons. The van der Waals surface area contributed by atoms with Crippen LogP contribution >= 0.6 is 11.8 Å². The Morgan fingerprint density at radius 2 is 2.18 bits per heavy atom. The first-order valence-corrected chi connectivity index (χ1v) is 6.48. The van der Waals surface area contributed by atoms with Gasteiger partial charge in [-0.05, 0) is 31.2 Å². The van der Waals surface area contributed by atoms with E-state index in [9.17, 15) is 4.79 Å². The molecule has 0 fully saturated rings. The van der Waals surface area contributed by atoms with Gasteiger partial charge in [0.2, 0.25) is 5.91 Å². The average molecular weight is 251 g/mol. The fourth-order valence-corrected chi connectivity index (χ4v) is 1.91. The smallest absolute Gasteiger partial charge is 0.230 e. The van der Waals surface area contributed by atoms with Gasteiger partial charge in [0.05, 0.1) is 12.4 Å². The highest BCUT2D eigenvalue weighted by molar-refractivity contribution is 8.00. The maximum absolute atomic E-state index is 11.3. The molecule has 0 saturated carbocycles. The lowest BCUT2D eigenvalue weighted by atomic mass is 10.3. The van der Waals surface area contributed by atoms with Gasteiger partial charge >= 0.3 is 0 Å². The van der Waals surface area contributed by atoms with Crippen LogP contribution in [-0.4, -0.2) is 24.8 Å². The summed E-state index contributed by atoms with van der Waals surface area (Å²) in [7, 11) is 0. The molecule has 3 nitrogen and oxygen atoms in total. The van der Waals surface area contributed by atoms with Crippen LogP contribution in [0.5, 0.6) is 5.75 Å². The topological polar surface area (TPSA) is 38.3 Å². The summed E-state index contributed by atoms with van der Waals surface area (Å²) < 4.78 is 5.34. The SMILES string of the molecule is C=CCNC(=O)CSc1ccc(OCC)cc1. The zero-order chi connectivity index (χ0) is 12.5. The number of amides is 1. The van der Waals surface area contributed by atoms with Gasteiger partial charge in [0, 0.05) is 11.4 Å². The first-order valence-electron chi connectivity index (χ1n) is 5.49. The summed E-state index contributed by atoms with van der Waals surface area (Å²) in [5, 5.41) is 2.73. The minimum atomic E-state index is 0.0174. The van der Waals surface area contributed by atoms with E-state index in [1.807, 2.05) is 31.2 Å². The van der Waals surface area contributed by atoms with Gasteiger partial charge in [-0.2, -0.15) is 0 Å². The van der Waals surface area contributed by atoms with Gasteiger partial charge in [0.15, 0.2) is 0 Å². The molecular weight excluding hydrogens is 234 g/mol. The van der Waals surface area contributed by atoms with Crippen LogP contribution in [0.3, 0.4) is 0 Å². The van der Waals surface area contributed by atoms with Gasteiger partial charge in [0.1, 0.15) is 5.75 Å². The Morgan fingerprint density at radius 3 is 2.76 bits per heavy atom. The zero-order valence-corrected chi connectivity index (χ0v) is 10.8. The molecule has 0 aliphatic heterocycles. The van der Waals surface area contributed by atoms with E-state index < -0.39 is 0 Å². The van der Waals surface area contributed by atoms with Crippen LogP contribution in [0.4, 0.5) is 0 Å². The van der Waals surface area contributed by atoms with Crippen LogP contribution in [0.2, 0.25) is 0 Å². The number of hydrogen-bond acceptors (Lipinski definition) is 3. The number of thioether (sulfide) groups is 1. The van der Waals surface area contributed by atoms with E-state index in [0.29, 0.717) is 18.9 Å². The summed E-state index contributed by atoms with van der Waals surface area (Å²) in [6.07, 6.45) is 1.67. The number of nitrogens with one attached hydrogen (secondary N) is 1. The fraction of sp³-hybridized carbons (Fsp3) is 0.308. The molecule has 0 unspecified atom stereocenters. The van der Waals surface area contributed by atoms with Crippen LogP contribution in [0, 0.1) is 0 Å². The number of rotatable bonds is 7. The average Bonchev–Trinajstić information content (AvgIpc) is 2.36. The molecule has 0 spiro atoms. The van der Waals surface area contributed by atoms with Crippen molar-refractivity contribution in [3.8, 4) is 5.75 Å². The van der Waals surface area contributed by atoms with E-state index >= 15 is 0 Å². The normalized spacial score (nSPS) is 9.71. The predicted molar refractivity (Wildman–Crippen MR) is 71.5 cm³/mol. The van der Waals surface area contributed by atoms with Crippen LogP contribution in [-0.2, 0) is 4.79 Å². The van der Waals surface area contributed by atoms with Crippen LogP contribution < -0.4 is 10.1 Å². The Hall–Kier alpha value is -1.42. The third-order valence-corrected chi connectivity index (χ3v) is 2.96. The number of carbonyl (C=O) groups excluding carboxylic acids is 1. The molecule has 0 saturated heterocycles. The predicted octanol–water partition coefficient (Wildman–Crippen LogP) is 2.48. The summed E-state index contributed by atoms with van der Waals surface area (Å²) in [6, 6.07) is 7.73. The quantitative estimate of drug-likeness (QED) is 0.597. The molecule has 0 aliphatic carbocycles. The molecule has 1 aromatic rings. The number of carbonyl (C=O) groups is 1. The number of ether oxygens (including phenoxy) is 1. The summed E-state index contributed by atoms with van der Waals surface area (Å²) in [5.41, 5.74) is 0.